The van der Waals surface area contributed by atoms with E-state index in [1.165, 1.54) is 0 Å². The van der Waals surface area contributed by atoms with Gasteiger partial charge in [-0.15, -0.1) is 0 Å². The zero-order valence-electron chi connectivity index (χ0n) is 9.42. The molecule has 6 heteroatoms. The van der Waals surface area contributed by atoms with Crippen LogP contribution >= 0.6 is 0 Å². The molecule has 1 N–H and O–H groups in total. The molecule has 0 bridgehead atoms. The lowest BCUT2D eigenvalue weighted by Crippen LogP contribution is -2.19. The van der Waals surface area contributed by atoms with Crippen LogP contribution < -0.4 is 0 Å². The van der Waals surface area contributed by atoms with Crippen molar-refractivity contribution in [2.24, 2.45) is 7.05 Å². The highest BCUT2D eigenvalue weighted by Gasteiger charge is 2.15. The van der Waals surface area contributed by atoms with E-state index in [2.05, 4.69) is 5.10 Å². The summed E-state index contributed by atoms with van der Waals surface area (Å²) in [7, 11) is 0.732. The molecular weight excluding hydrogens is 228 g/mol. The molecule has 0 radical (unpaired) electrons. The van der Waals surface area contributed by atoms with Gasteiger partial charge in [0.2, 0.25) is 0 Å². The highest BCUT2D eigenvalue weighted by atomic mass is 32.2. The fraction of sp³-hybridized carbons (Fsp3) is 0.600. The molecule has 0 saturated heterocycles. The maximum atomic E-state index is 11.7. The molecular formula is C10H16N2O3S. The first-order valence-corrected chi connectivity index (χ1v) is 6.44. The number of aromatic nitrogens is 2. The van der Waals surface area contributed by atoms with E-state index >= 15 is 0 Å². The van der Waals surface area contributed by atoms with Crippen LogP contribution in [0.15, 0.2) is 12.3 Å². The normalized spacial score (nSPS) is 14.6. The summed E-state index contributed by atoms with van der Waals surface area (Å²) in [6, 6.07) is 1.87. The second-order valence-electron chi connectivity index (χ2n) is 3.69. The van der Waals surface area contributed by atoms with Crippen molar-refractivity contribution in [1.82, 2.24) is 9.78 Å². The molecule has 0 saturated carbocycles. The molecule has 90 valence electrons. The monoisotopic (exact) mass is 244 g/mol. The lowest BCUT2D eigenvalue weighted by Gasteiger charge is -2.08. The van der Waals surface area contributed by atoms with Gasteiger partial charge in [0.15, 0.2) is 0 Å². The summed E-state index contributed by atoms with van der Waals surface area (Å²) < 4.78 is 13.4. The Bertz CT molecular complexity index is 389. The van der Waals surface area contributed by atoms with Crippen molar-refractivity contribution in [3.05, 3.63) is 18.0 Å². The minimum Gasteiger partial charge on any atom is -0.481 e. The Hall–Kier alpha value is -1.17. The summed E-state index contributed by atoms with van der Waals surface area (Å²) in [5.74, 6) is -0.421. The molecule has 0 spiro atoms. The Labute approximate surface area is 96.9 Å². The molecule has 2 atom stereocenters. The van der Waals surface area contributed by atoms with Crippen molar-refractivity contribution in [2.75, 3.05) is 5.75 Å². The summed E-state index contributed by atoms with van der Waals surface area (Å²) in [5, 5.41) is 12.3. The van der Waals surface area contributed by atoms with Crippen molar-refractivity contribution in [3.63, 3.8) is 0 Å². The number of nitrogens with zero attached hydrogens (tertiary/aromatic N) is 2. The lowest BCUT2D eigenvalue weighted by molar-refractivity contribution is -0.136. The third-order valence-corrected chi connectivity index (χ3v) is 4.06. The van der Waals surface area contributed by atoms with Gasteiger partial charge in [0, 0.05) is 47.2 Å². The predicted molar refractivity (Wildman–Crippen MR) is 61.6 cm³/mol. The minimum atomic E-state index is -1.10. The summed E-state index contributed by atoms with van der Waals surface area (Å²) in [5.41, 5.74) is 1.01. The van der Waals surface area contributed by atoms with Crippen molar-refractivity contribution in [1.29, 1.82) is 0 Å². The van der Waals surface area contributed by atoms with E-state index in [-0.39, 0.29) is 11.7 Å². The van der Waals surface area contributed by atoms with E-state index in [0.717, 1.165) is 5.69 Å². The van der Waals surface area contributed by atoms with Gasteiger partial charge in [-0.3, -0.25) is 13.7 Å². The number of carboxylic acid groups (broad SMARTS) is 1. The van der Waals surface area contributed by atoms with Crippen LogP contribution in [0.25, 0.3) is 0 Å². The van der Waals surface area contributed by atoms with Gasteiger partial charge in [-0.1, -0.05) is 6.92 Å². The quantitative estimate of drug-likeness (QED) is 0.794. The standard InChI is InChI=1S/C10H16N2O3S/c1-8(7-10(13)14)16(15)6-4-9-3-5-11-12(9)2/h3,5,8H,4,6-7H2,1-2H3,(H,13,14). The first kappa shape index (κ1) is 12.9. The van der Waals surface area contributed by atoms with E-state index in [0.29, 0.717) is 12.2 Å². The number of carboxylic acids is 1. The van der Waals surface area contributed by atoms with Crippen LogP contribution in [0.1, 0.15) is 19.0 Å². The Balaban J connectivity index is 2.41. The highest BCUT2D eigenvalue weighted by Crippen LogP contribution is 2.05. The molecule has 0 aliphatic heterocycles. The zero-order chi connectivity index (χ0) is 12.1. The molecule has 1 rings (SSSR count). The second kappa shape index (κ2) is 5.79. The summed E-state index contributed by atoms with van der Waals surface area (Å²) in [6.07, 6.45) is 2.31. The van der Waals surface area contributed by atoms with Gasteiger partial charge in [0.05, 0.1) is 6.42 Å². The van der Waals surface area contributed by atoms with Crippen molar-refractivity contribution in [3.8, 4) is 0 Å². The van der Waals surface area contributed by atoms with Crippen LogP contribution in [-0.4, -0.2) is 36.1 Å². The predicted octanol–water partition coefficient (Wildman–Crippen LogP) is 0.575. The number of hydrogen-bond donors (Lipinski definition) is 1. The van der Waals surface area contributed by atoms with Gasteiger partial charge in [-0.2, -0.15) is 5.10 Å². The van der Waals surface area contributed by atoms with E-state index in [9.17, 15) is 9.00 Å². The van der Waals surface area contributed by atoms with E-state index in [4.69, 9.17) is 5.11 Å². The smallest absolute Gasteiger partial charge is 0.304 e. The largest absolute Gasteiger partial charge is 0.481 e. The number of rotatable bonds is 6. The Morgan fingerprint density at radius 1 is 1.69 bits per heavy atom. The third-order valence-electron chi connectivity index (χ3n) is 2.39. The zero-order valence-corrected chi connectivity index (χ0v) is 10.2. The summed E-state index contributed by atoms with van der Waals surface area (Å²) in [4.78, 5) is 10.5. The SMILES string of the molecule is CC(CC(=O)O)S(=O)CCc1ccnn1C. The van der Waals surface area contributed by atoms with Crippen molar-refractivity contribution < 1.29 is 14.1 Å². The van der Waals surface area contributed by atoms with Crippen molar-refractivity contribution in [2.45, 2.75) is 25.0 Å². The molecule has 0 amide bonds. The molecule has 0 aliphatic rings. The first-order chi connectivity index (χ1) is 7.50. The maximum Gasteiger partial charge on any atom is 0.304 e. The van der Waals surface area contributed by atoms with Gasteiger partial charge < -0.3 is 5.11 Å². The van der Waals surface area contributed by atoms with Crippen LogP contribution in [-0.2, 0) is 29.1 Å². The fourth-order valence-corrected chi connectivity index (χ4v) is 2.53. The average molecular weight is 244 g/mol. The third kappa shape index (κ3) is 3.77. The van der Waals surface area contributed by atoms with E-state index in [1.807, 2.05) is 13.1 Å². The number of carbonyl (C=O) groups is 1. The van der Waals surface area contributed by atoms with E-state index < -0.39 is 16.8 Å². The summed E-state index contributed by atoms with van der Waals surface area (Å²) in [6.45, 7) is 1.70. The maximum absolute atomic E-state index is 11.7. The van der Waals surface area contributed by atoms with Crippen molar-refractivity contribution >= 4 is 16.8 Å². The van der Waals surface area contributed by atoms with Gasteiger partial charge in [0.25, 0.3) is 0 Å². The number of aliphatic carboxylic acids is 1. The van der Waals surface area contributed by atoms with Gasteiger partial charge in [-0.05, 0) is 6.07 Å². The van der Waals surface area contributed by atoms with Gasteiger partial charge in [-0.25, -0.2) is 0 Å². The molecule has 1 aromatic rings. The van der Waals surface area contributed by atoms with Crippen LogP contribution in [0.3, 0.4) is 0 Å². The number of aryl methyl sites for hydroxylation is 2. The van der Waals surface area contributed by atoms with E-state index in [1.54, 1.807) is 17.8 Å². The van der Waals surface area contributed by atoms with Crippen LogP contribution in [0.5, 0.6) is 0 Å². The lowest BCUT2D eigenvalue weighted by atomic mass is 10.3. The average Bonchev–Trinajstić information content (AvgIpc) is 2.59. The molecule has 0 aliphatic carbocycles. The summed E-state index contributed by atoms with van der Waals surface area (Å²) >= 11 is 0. The fourth-order valence-electron chi connectivity index (χ4n) is 1.39. The topological polar surface area (TPSA) is 72.2 Å². The van der Waals surface area contributed by atoms with Crippen LogP contribution in [0, 0.1) is 0 Å². The van der Waals surface area contributed by atoms with Crippen LogP contribution in [0.4, 0.5) is 0 Å². The Morgan fingerprint density at radius 3 is 2.88 bits per heavy atom. The highest BCUT2D eigenvalue weighted by molar-refractivity contribution is 7.85. The van der Waals surface area contributed by atoms with Crippen LogP contribution in [0.2, 0.25) is 0 Å². The molecule has 2 unspecified atom stereocenters. The molecule has 1 aromatic heterocycles. The molecule has 0 aromatic carbocycles. The minimum absolute atomic E-state index is 0.0437. The molecule has 5 nitrogen and oxygen atoms in total. The second-order valence-corrected chi connectivity index (χ2v) is 5.66. The first-order valence-electron chi connectivity index (χ1n) is 5.06. The number of hydrogen-bond acceptors (Lipinski definition) is 3. The molecule has 16 heavy (non-hydrogen) atoms. The molecule has 0 fully saturated rings. The van der Waals surface area contributed by atoms with Gasteiger partial charge >= 0.3 is 5.97 Å². The molecule has 1 heterocycles. The Morgan fingerprint density at radius 2 is 2.38 bits per heavy atom. The Kier molecular flexibility index (Phi) is 4.67. The van der Waals surface area contributed by atoms with Gasteiger partial charge in [0.1, 0.15) is 0 Å².